The maximum absolute atomic E-state index is 12.8. The topological polar surface area (TPSA) is 104 Å². The van der Waals surface area contributed by atoms with Gasteiger partial charge in [0.15, 0.2) is 0 Å². The first-order valence-corrected chi connectivity index (χ1v) is 10.1. The number of nitrogens with zero attached hydrogens (tertiary/aromatic N) is 1. The molecule has 0 aromatic heterocycles. The van der Waals surface area contributed by atoms with Crippen LogP contribution in [0.3, 0.4) is 0 Å². The Bertz CT molecular complexity index is 1220. The number of rotatable bonds is 7. The summed E-state index contributed by atoms with van der Waals surface area (Å²) in [5.74, 6) is -2.24. The summed E-state index contributed by atoms with van der Waals surface area (Å²) < 4.78 is 0. The lowest BCUT2D eigenvalue weighted by Crippen LogP contribution is -2.31. The minimum Gasteiger partial charge on any atom is -0.478 e. The largest absolute Gasteiger partial charge is 0.478 e. The number of benzene rings is 3. The fourth-order valence-electron chi connectivity index (χ4n) is 3.62. The molecule has 160 valence electrons. The van der Waals surface area contributed by atoms with Crippen molar-refractivity contribution in [1.82, 2.24) is 10.2 Å². The smallest absolute Gasteiger partial charge is 0.335 e. The fraction of sp³-hybridized carbons (Fsp3) is 0.120. The van der Waals surface area contributed by atoms with Crippen LogP contribution in [-0.2, 0) is 13.0 Å². The predicted molar refractivity (Wildman–Crippen MR) is 117 cm³/mol. The van der Waals surface area contributed by atoms with Crippen molar-refractivity contribution in [2.75, 3.05) is 6.54 Å². The van der Waals surface area contributed by atoms with Crippen molar-refractivity contribution in [2.24, 2.45) is 0 Å². The van der Waals surface area contributed by atoms with Gasteiger partial charge in [0.1, 0.15) is 0 Å². The third kappa shape index (κ3) is 4.27. The van der Waals surface area contributed by atoms with Gasteiger partial charge < -0.3 is 10.4 Å². The van der Waals surface area contributed by atoms with Crippen molar-refractivity contribution in [3.05, 3.63) is 106 Å². The van der Waals surface area contributed by atoms with Crippen LogP contribution in [0.25, 0.3) is 0 Å². The van der Waals surface area contributed by atoms with E-state index in [1.54, 1.807) is 12.1 Å². The Morgan fingerprint density at radius 3 is 2.25 bits per heavy atom. The van der Waals surface area contributed by atoms with E-state index >= 15 is 0 Å². The van der Waals surface area contributed by atoms with Crippen molar-refractivity contribution < 1.29 is 24.3 Å². The first-order chi connectivity index (χ1) is 15.4. The van der Waals surface area contributed by atoms with Gasteiger partial charge in [-0.2, -0.15) is 0 Å². The van der Waals surface area contributed by atoms with Gasteiger partial charge in [0.05, 0.1) is 16.7 Å². The summed E-state index contributed by atoms with van der Waals surface area (Å²) in [6, 6.07) is 20.3. The number of carbonyl (C=O) groups excluding carboxylic acids is 3. The van der Waals surface area contributed by atoms with E-state index in [4.69, 9.17) is 5.11 Å². The Labute approximate surface area is 184 Å². The lowest BCUT2D eigenvalue weighted by molar-refractivity contribution is 0.0652. The summed E-state index contributed by atoms with van der Waals surface area (Å²) in [6.07, 6.45) is 0.551. The van der Waals surface area contributed by atoms with Gasteiger partial charge >= 0.3 is 5.97 Å². The van der Waals surface area contributed by atoms with E-state index in [-0.39, 0.29) is 41.3 Å². The van der Waals surface area contributed by atoms with Crippen LogP contribution in [0.15, 0.2) is 72.8 Å². The number of hydrogen-bond donors (Lipinski definition) is 2. The van der Waals surface area contributed by atoms with E-state index < -0.39 is 17.8 Å². The number of nitrogens with one attached hydrogen (secondary N) is 1. The van der Waals surface area contributed by atoms with E-state index in [0.29, 0.717) is 12.0 Å². The summed E-state index contributed by atoms with van der Waals surface area (Å²) in [5.41, 5.74) is 2.55. The van der Waals surface area contributed by atoms with Crippen molar-refractivity contribution >= 4 is 23.7 Å². The second-order valence-corrected chi connectivity index (χ2v) is 7.45. The number of aromatic carboxylic acids is 1. The molecule has 0 spiro atoms. The van der Waals surface area contributed by atoms with E-state index in [0.717, 1.165) is 5.56 Å². The van der Waals surface area contributed by atoms with Crippen LogP contribution < -0.4 is 5.32 Å². The first kappa shape index (κ1) is 21.0. The first-order valence-electron chi connectivity index (χ1n) is 10.1. The monoisotopic (exact) mass is 428 g/mol. The Hall–Kier alpha value is -4.26. The molecule has 3 amide bonds. The third-order valence-electron chi connectivity index (χ3n) is 5.33. The molecule has 1 aliphatic heterocycles. The summed E-state index contributed by atoms with van der Waals surface area (Å²) in [7, 11) is 0. The molecule has 4 rings (SSSR count). The summed E-state index contributed by atoms with van der Waals surface area (Å²) in [4.78, 5) is 50.3. The quantitative estimate of drug-likeness (QED) is 0.563. The Morgan fingerprint density at radius 1 is 0.781 bits per heavy atom. The lowest BCUT2D eigenvalue weighted by Gasteiger charge is -2.13. The number of hydrogen-bond acceptors (Lipinski definition) is 4. The van der Waals surface area contributed by atoms with Gasteiger partial charge in [0.25, 0.3) is 17.7 Å². The average molecular weight is 428 g/mol. The minimum atomic E-state index is -1.04. The van der Waals surface area contributed by atoms with Crippen LogP contribution in [0, 0.1) is 0 Å². The average Bonchev–Trinajstić information content (AvgIpc) is 3.06. The molecule has 1 aliphatic rings. The fourth-order valence-corrected chi connectivity index (χ4v) is 3.62. The van der Waals surface area contributed by atoms with Gasteiger partial charge in [-0.15, -0.1) is 0 Å². The van der Waals surface area contributed by atoms with Gasteiger partial charge in [-0.25, -0.2) is 4.79 Å². The molecular weight excluding hydrogens is 408 g/mol. The van der Waals surface area contributed by atoms with Gasteiger partial charge in [-0.3, -0.25) is 19.3 Å². The zero-order chi connectivity index (χ0) is 22.7. The standard InChI is InChI=1S/C25H20N2O5/c28-22(26-15-17-7-4-8-19(13-17)25(31)32)18-9-10-20-21(14-18)24(30)27(23(20)29)12-11-16-5-2-1-3-6-16/h1-10,13-14H,11-12,15H2,(H,26,28)(H,31,32). The van der Waals surface area contributed by atoms with E-state index in [1.807, 2.05) is 30.3 Å². The van der Waals surface area contributed by atoms with Crippen LogP contribution >= 0.6 is 0 Å². The maximum atomic E-state index is 12.8. The lowest BCUT2D eigenvalue weighted by atomic mass is 10.1. The highest BCUT2D eigenvalue weighted by molar-refractivity contribution is 6.22. The second kappa shape index (κ2) is 8.85. The molecule has 0 atom stereocenters. The molecule has 0 fully saturated rings. The number of fused-ring (bicyclic) bond motifs is 1. The normalized spacial score (nSPS) is 12.6. The van der Waals surface area contributed by atoms with Crippen molar-refractivity contribution in [1.29, 1.82) is 0 Å². The number of carbonyl (C=O) groups is 4. The van der Waals surface area contributed by atoms with E-state index in [2.05, 4.69) is 5.32 Å². The van der Waals surface area contributed by atoms with Crippen LogP contribution in [0.2, 0.25) is 0 Å². The molecule has 0 saturated heterocycles. The number of carboxylic acid groups (broad SMARTS) is 1. The SMILES string of the molecule is O=C(O)c1cccc(CNC(=O)c2ccc3c(c2)C(=O)N(CCc2ccccc2)C3=O)c1. The molecule has 0 radical (unpaired) electrons. The van der Waals surface area contributed by atoms with Crippen molar-refractivity contribution in [3.63, 3.8) is 0 Å². The number of carboxylic acids is 1. The Kier molecular flexibility index (Phi) is 5.81. The molecular formula is C25H20N2O5. The molecule has 0 saturated carbocycles. The van der Waals surface area contributed by atoms with Gasteiger partial charge in [-0.05, 0) is 47.9 Å². The molecule has 3 aromatic carbocycles. The third-order valence-corrected chi connectivity index (χ3v) is 5.33. The maximum Gasteiger partial charge on any atom is 0.335 e. The Balaban J connectivity index is 1.44. The van der Waals surface area contributed by atoms with Gasteiger partial charge in [-0.1, -0.05) is 42.5 Å². The summed E-state index contributed by atoms with van der Waals surface area (Å²) in [5, 5.41) is 11.8. The van der Waals surface area contributed by atoms with Crippen molar-refractivity contribution in [2.45, 2.75) is 13.0 Å². The molecule has 2 N–H and O–H groups in total. The number of imide groups is 1. The molecule has 1 heterocycles. The Morgan fingerprint density at radius 2 is 1.50 bits per heavy atom. The molecule has 3 aromatic rings. The molecule has 0 aliphatic carbocycles. The highest BCUT2D eigenvalue weighted by Crippen LogP contribution is 2.24. The summed E-state index contributed by atoms with van der Waals surface area (Å²) >= 11 is 0. The number of amides is 3. The molecule has 7 heteroatoms. The van der Waals surface area contributed by atoms with Crippen LogP contribution in [-0.4, -0.2) is 40.2 Å². The van der Waals surface area contributed by atoms with Crippen LogP contribution in [0.5, 0.6) is 0 Å². The zero-order valence-electron chi connectivity index (χ0n) is 17.1. The molecule has 7 nitrogen and oxygen atoms in total. The van der Waals surface area contributed by atoms with Gasteiger partial charge in [0.2, 0.25) is 0 Å². The minimum absolute atomic E-state index is 0.132. The predicted octanol–water partition coefficient (Wildman–Crippen LogP) is 3.15. The molecule has 0 bridgehead atoms. The summed E-state index contributed by atoms with van der Waals surface area (Å²) in [6.45, 7) is 0.394. The zero-order valence-corrected chi connectivity index (χ0v) is 17.1. The van der Waals surface area contributed by atoms with E-state index in [1.165, 1.54) is 35.2 Å². The highest BCUT2D eigenvalue weighted by atomic mass is 16.4. The van der Waals surface area contributed by atoms with Crippen LogP contribution in [0.1, 0.15) is 52.6 Å². The highest BCUT2D eigenvalue weighted by Gasteiger charge is 2.35. The van der Waals surface area contributed by atoms with Gasteiger partial charge in [0, 0.05) is 18.7 Å². The van der Waals surface area contributed by atoms with E-state index in [9.17, 15) is 19.2 Å². The van der Waals surface area contributed by atoms with Crippen molar-refractivity contribution in [3.8, 4) is 0 Å². The second-order valence-electron chi connectivity index (χ2n) is 7.45. The van der Waals surface area contributed by atoms with Crippen LogP contribution in [0.4, 0.5) is 0 Å². The molecule has 0 unspecified atom stereocenters. The molecule has 32 heavy (non-hydrogen) atoms.